The minimum atomic E-state index is -1.66. The van der Waals surface area contributed by atoms with Crippen molar-refractivity contribution < 1.29 is 42.9 Å². The molecule has 1 aromatic carbocycles. The number of benzene rings is 1. The van der Waals surface area contributed by atoms with Crippen LogP contribution in [0, 0.1) is 11.8 Å². The number of nitrogens with zero attached hydrogens (tertiary/aromatic N) is 1. The van der Waals surface area contributed by atoms with Crippen LogP contribution in [0.5, 0.6) is 0 Å². The minimum Gasteiger partial charge on any atom is -0.462 e. The highest BCUT2D eigenvalue weighted by atomic mass is 16.7. The van der Waals surface area contributed by atoms with E-state index >= 15 is 0 Å². The van der Waals surface area contributed by atoms with Gasteiger partial charge < -0.3 is 18.9 Å². The van der Waals surface area contributed by atoms with Crippen molar-refractivity contribution in [3.8, 4) is 0 Å². The highest BCUT2D eigenvalue weighted by Gasteiger charge is 2.72. The van der Waals surface area contributed by atoms with Gasteiger partial charge in [-0.1, -0.05) is 18.2 Å². The zero-order valence-corrected chi connectivity index (χ0v) is 17.6. The summed E-state index contributed by atoms with van der Waals surface area (Å²) in [4.78, 5) is 63.6. The first-order chi connectivity index (χ1) is 15.2. The number of hydrogen-bond acceptors (Lipinski definition) is 9. The average Bonchev–Trinajstić information content (AvgIpc) is 3.38. The Morgan fingerprint density at radius 1 is 1.09 bits per heavy atom. The van der Waals surface area contributed by atoms with Gasteiger partial charge >= 0.3 is 17.9 Å². The fraction of sp³-hybridized carbons (Fsp3) is 0.409. The molecule has 2 saturated heterocycles. The lowest BCUT2D eigenvalue weighted by Crippen LogP contribution is -2.52. The molecule has 0 N–H and O–H groups in total. The normalized spacial score (nSPS) is 27.6. The maximum atomic E-state index is 13.6. The molecule has 32 heavy (non-hydrogen) atoms. The van der Waals surface area contributed by atoms with Crippen LogP contribution in [0.2, 0.25) is 0 Å². The molecule has 0 radical (unpaired) electrons. The second kappa shape index (κ2) is 7.86. The molecule has 0 unspecified atom stereocenters. The molecule has 10 nitrogen and oxygen atoms in total. The van der Waals surface area contributed by atoms with E-state index in [0.29, 0.717) is 0 Å². The highest BCUT2D eigenvalue weighted by Crippen LogP contribution is 2.55. The van der Waals surface area contributed by atoms with Crippen LogP contribution in [0.25, 0.3) is 0 Å². The molecule has 2 bridgehead atoms. The predicted molar refractivity (Wildman–Crippen MR) is 106 cm³/mol. The predicted octanol–water partition coefficient (Wildman–Crippen LogP) is 1.13. The number of para-hydroxylation sites is 1. The Hall–Kier alpha value is -3.53. The van der Waals surface area contributed by atoms with Crippen molar-refractivity contribution in [1.82, 2.24) is 0 Å². The standard InChI is InChI=1S/C22H21NO9/c1-4-29-20(28)13-7-5-6-8-14(13)23-18(26)16-15-9-10-22(32-15,17(16)19(23)27)21(30-11(2)24)31-12(3)25/h5-10,15-17,21H,4H2,1-3H3/t15-,16+,17-,22-/m0/s1. The third-order valence-corrected chi connectivity index (χ3v) is 5.63. The fourth-order valence-corrected chi connectivity index (χ4v) is 4.50. The summed E-state index contributed by atoms with van der Waals surface area (Å²) in [6, 6.07) is 6.12. The SMILES string of the molecule is CCOC(=O)c1ccccc1N1C(=O)[C@@H]2[C@@H]3C=C[C@](C(OC(C)=O)OC(C)=O)(O3)[C@@H]2C1=O. The summed E-state index contributed by atoms with van der Waals surface area (Å²) < 4.78 is 21.3. The fourth-order valence-electron chi connectivity index (χ4n) is 4.50. The van der Waals surface area contributed by atoms with E-state index in [0.717, 1.165) is 18.7 Å². The van der Waals surface area contributed by atoms with Crippen LogP contribution in [-0.4, -0.2) is 54.3 Å². The van der Waals surface area contributed by atoms with Gasteiger partial charge in [-0.2, -0.15) is 0 Å². The molecular weight excluding hydrogens is 422 g/mol. The van der Waals surface area contributed by atoms with Crippen LogP contribution in [0.1, 0.15) is 31.1 Å². The van der Waals surface area contributed by atoms with E-state index in [9.17, 15) is 24.0 Å². The van der Waals surface area contributed by atoms with Crippen molar-refractivity contribution in [3.05, 3.63) is 42.0 Å². The van der Waals surface area contributed by atoms with E-state index in [1.165, 1.54) is 18.2 Å². The third kappa shape index (κ3) is 3.18. The number of amides is 2. The first-order valence-corrected chi connectivity index (χ1v) is 10.1. The Balaban J connectivity index is 1.76. The molecule has 0 spiro atoms. The van der Waals surface area contributed by atoms with Crippen molar-refractivity contribution in [1.29, 1.82) is 0 Å². The van der Waals surface area contributed by atoms with Crippen molar-refractivity contribution in [3.63, 3.8) is 0 Å². The van der Waals surface area contributed by atoms with Gasteiger partial charge in [0.1, 0.15) is 0 Å². The topological polar surface area (TPSA) is 126 Å². The minimum absolute atomic E-state index is 0.0582. The van der Waals surface area contributed by atoms with Gasteiger partial charge in [0.2, 0.25) is 11.8 Å². The number of ether oxygens (including phenoxy) is 4. The summed E-state index contributed by atoms with van der Waals surface area (Å²) in [6.45, 7) is 4.01. The maximum absolute atomic E-state index is 13.6. The number of rotatable bonds is 6. The lowest BCUT2D eigenvalue weighted by molar-refractivity contribution is -0.226. The number of fused-ring (bicyclic) bond motifs is 5. The zero-order chi connectivity index (χ0) is 23.2. The number of hydrogen-bond donors (Lipinski definition) is 0. The molecule has 3 heterocycles. The van der Waals surface area contributed by atoms with Gasteiger partial charge in [-0.05, 0) is 25.1 Å². The molecule has 4 atom stereocenters. The number of carbonyl (C=O) groups is 5. The Bertz CT molecular complexity index is 1030. The molecule has 0 aromatic heterocycles. The Morgan fingerprint density at radius 3 is 2.38 bits per heavy atom. The quantitative estimate of drug-likeness (QED) is 0.275. The van der Waals surface area contributed by atoms with E-state index in [1.54, 1.807) is 25.1 Å². The second-order valence-electron chi connectivity index (χ2n) is 7.60. The van der Waals surface area contributed by atoms with Gasteiger partial charge in [-0.25, -0.2) is 9.69 Å². The van der Waals surface area contributed by atoms with E-state index in [-0.39, 0.29) is 17.9 Å². The zero-order valence-electron chi connectivity index (χ0n) is 17.6. The van der Waals surface area contributed by atoms with Crippen LogP contribution in [0.3, 0.4) is 0 Å². The van der Waals surface area contributed by atoms with Crippen LogP contribution < -0.4 is 4.90 Å². The molecule has 0 saturated carbocycles. The van der Waals surface area contributed by atoms with E-state index in [2.05, 4.69) is 0 Å². The van der Waals surface area contributed by atoms with E-state index in [4.69, 9.17) is 18.9 Å². The second-order valence-corrected chi connectivity index (χ2v) is 7.60. The van der Waals surface area contributed by atoms with Crippen LogP contribution in [0.4, 0.5) is 5.69 Å². The summed E-state index contributed by atoms with van der Waals surface area (Å²) in [5.41, 5.74) is -1.52. The highest BCUT2D eigenvalue weighted by molar-refractivity contribution is 6.25. The van der Waals surface area contributed by atoms with Crippen LogP contribution in [-0.2, 0) is 38.1 Å². The van der Waals surface area contributed by atoms with E-state index in [1.807, 2.05) is 0 Å². The lowest BCUT2D eigenvalue weighted by Gasteiger charge is -2.34. The summed E-state index contributed by atoms with van der Waals surface area (Å²) in [5.74, 6) is -5.47. The molecular formula is C22H21NO9. The van der Waals surface area contributed by atoms with Crippen molar-refractivity contribution in [2.75, 3.05) is 11.5 Å². The number of imide groups is 1. The molecule has 0 aliphatic carbocycles. The molecule has 3 aliphatic heterocycles. The molecule has 1 aromatic rings. The first kappa shape index (κ1) is 21.7. The summed E-state index contributed by atoms with van der Waals surface area (Å²) >= 11 is 0. The van der Waals surface area contributed by atoms with E-state index < -0.39 is 59.6 Å². The largest absolute Gasteiger partial charge is 0.462 e. The molecule has 168 valence electrons. The van der Waals surface area contributed by atoms with Gasteiger partial charge in [0.05, 0.1) is 35.8 Å². The van der Waals surface area contributed by atoms with Crippen LogP contribution >= 0.6 is 0 Å². The Kier molecular flexibility index (Phi) is 5.33. The summed E-state index contributed by atoms with van der Waals surface area (Å²) in [6.07, 6.45) is 0.713. The van der Waals surface area contributed by atoms with Gasteiger partial charge in [0.15, 0.2) is 5.60 Å². The van der Waals surface area contributed by atoms with Gasteiger partial charge in [0.25, 0.3) is 6.29 Å². The van der Waals surface area contributed by atoms with Crippen molar-refractivity contribution >= 4 is 35.4 Å². The van der Waals surface area contributed by atoms with Crippen molar-refractivity contribution in [2.45, 2.75) is 38.8 Å². The Morgan fingerprint density at radius 2 is 1.75 bits per heavy atom. The van der Waals surface area contributed by atoms with Crippen molar-refractivity contribution in [2.24, 2.45) is 11.8 Å². The number of carbonyl (C=O) groups excluding carboxylic acids is 5. The molecule has 2 fully saturated rings. The maximum Gasteiger partial charge on any atom is 0.340 e. The summed E-state index contributed by atoms with van der Waals surface area (Å²) in [5, 5.41) is 0. The smallest absolute Gasteiger partial charge is 0.340 e. The van der Waals surface area contributed by atoms with Gasteiger partial charge in [0, 0.05) is 13.8 Å². The van der Waals surface area contributed by atoms with Crippen LogP contribution in [0.15, 0.2) is 36.4 Å². The molecule has 10 heteroatoms. The monoisotopic (exact) mass is 443 g/mol. The lowest BCUT2D eigenvalue weighted by atomic mass is 9.76. The molecule has 2 amide bonds. The average molecular weight is 443 g/mol. The number of anilines is 1. The molecule has 3 aliphatic rings. The third-order valence-electron chi connectivity index (χ3n) is 5.63. The Labute approximate surface area is 183 Å². The summed E-state index contributed by atoms with van der Waals surface area (Å²) in [7, 11) is 0. The number of esters is 3. The molecule has 4 rings (SSSR count). The van der Waals surface area contributed by atoms with Gasteiger partial charge in [-0.3, -0.25) is 19.2 Å². The van der Waals surface area contributed by atoms with Gasteiger partial charge in [-0.15, -0.1) is 0 Å². The first-order valence-electron chi connectivity index (χ1n) is 10.1.